The van der Waals surface area contributed by atoms with Crippen LogP contribution in [-0.4, -0.2) is 36.1 Å². The van der Waals surface area contributed by atoms with Gasteiger partial charge in [0.1, 0.15) is 0 Å². The number of nitrogens with two attached hydrogens (primary N) is 1. The summed E-state index contributed by atoms with van der Waals surface area (Å²) in [7, 11) is 0. The standard InChI is InChI=1S/C20H34N4O2/c21-13-19(4-1-2-5-19)23-17(25)3-6-22-18(26)24-20-10-14-7-15(11-20)9-16(8-14)12-20/h14-16H,1-13,21H2,(H,23,25)(H2,22,24,26). The van der Waals surface area contributed by atoms with Crippen LogP contribution >= 0.6 is 0 Å². The maximum absolute atomic E-state index is 12.4. The normalized spacial score (nSPS) is 36.7. The highest BCUT2D eigenvalue weighted by molar-refractivity contribution is 5.79. The van der Waals surface area contributed by atoms with Gasteiger partial charge < -0.3 is 21.7 Å². The molecule has 0 atom stereocenters. The minimum atomic E-state index is -0.210. The molecule has 0 aromatic heterocycles. The Bertz CT molecular complexity index is 521. The van der Waals surface area contributed by atoms with Crippen molar-refractivity contribution in [2.24, 2.45) is 23.5 Å². The van der Waals surface area contributed by atoms with Crippen molar-refractivity contribution in [1.29, 1.82) is 0 Å². The molecular formula is C20H34N4O2. The SMILES string of the molecule is NCC1(NC(=O)CCNC(=O)NC23CC4CC(CC(C4)C2)C3)CCCC1. The molecule has 5 aliphatic carbocycles. The van der Waals surface area contributed by atoms with Crippen LogP contribution < -0.4 is 21.7 Å². The quantitative estimate of drug-likeness (QED) is 0.582. The number of carbonyl (C=O) groups excluding carboxylic acids is 2. The summed E-state index contributed by atoms with van der Waals surface area (Å²) in [6.07, 6.45) is 12.0. The third-order valence-electron chi connectivity index (χ3n) is 7.41. The molecule has 26 heavy (non-hydrogen) atoms. The molecule has 0 radical (unpaired) electrons. The van der Waals surface area contributed by atoms with E-state index in [1.165, 1.54) is 19.3 Å². The lowest BCUT2D eigenvalue weighted by Crippen LogP contribution is -2.61. The van der Waals surface area contributed by atoms with Gasteiger partial charge in [-0.15, -0.1) is 0 Å². The lowest BCUT2D eigenvalue weighted by molar-refractivity contribution is -0.122. The highest BCUT2D eigenvalue weighted by Crippen LogP contribution is 2.55. The topological polar surface area (TPSA) is 96.2 Å². The van der Waals surface area contributed by atoms with Crippen molar-refractivity contribution in [1.82, 2.24) is 16.0 Å². The van der Waals surface area contributed by atoms with Gasteiger partial charge in [0.15, 0.2) is 0 Å². The summed E-state index contributed by atoms with van der Waals surface area (Å²) < 4.78 is 0. The first-order chi connectivity index (χ1) is 12.5. The van der Waals surface area contributed by atoms with E-state index < -0.39 is 0 Å². The van der Waals surface area contributed by atoms with Gasteiger partial charge in [-0.2, -0.15) is 0 Å². The average molecular weight is 363 g/mol. The summed E-state index contributed by atoms with van der Waals surface area (Å²) in [5.41, 5.74) is 5.68. The first-order valence-electron chi connectivity index (χ1n) is 10.6. The van der Waals surface area contributed by atoms with E-state index in [0.717, 1.165) is 62.7 Å². The minimum absolute atomic E-state index is 0.00699. The third-order valence-corrected chi connectivity index (χ3v) is 7.41. The van der Waals surface area contributed by atoms with Crippen LogP contribution in [0.2, 0.25) is 0 Å². The predicted molar refractivity (Wildman–Crippen MR) is 100 cm³/mol. The van der Waals surface area contributed by atoms with Gasteiger partial charge in [-0.3, -0.25) is 4.79 Å². The van der Waals surface area contributed by atoms with Gasteiger partial charge >= 0.3 is 6.03 Å². The van der Waals surface area contributed by atoms with Gasteiger partial charge in [-0.25, -0.2) is 4.79 Å². The van der Waals surface area contributed by atoms with Crippen LogP contribution in [0.3, 0.4) is 0 Å². The number of urea groups is 1. The number of rotatable bonds is 6. The van der Waals surface area contributed by atoms with Crippen LogP contribution in [0.4, 0.5) is 4.79 Å². The van der Waals surface area contributed by atoms with Crippen molar-refractivity contribution in [2.45, 2.75) is 81.7 Å². The smallest absolute Gasteiger partial charge is 0.315 e. The second-order valence-electron chi connectivity index (χ2n) is 9.57. The first kappa shape index (κ1) is 18.1. The zero-order chi connectivity index (χ0) is 18.2. The molecule has 5 rings (SSSR count). The molecule has 3 amide bonds. The van der Waals surface area contributed by atoms with Crippen molar-refractivity contribution < 1.29 is 9.59 Å². The van der Waals surface area contributed by atoms with E-state index >= 15 is 0 Å². The number of carbonyl (C=O) groups is 2. The van der Waals surface area contributed by atoms with Crippen LogP contribution in [0.15, 0.2) is 0 Å². The summed E-state index contributed by atoms with van der Waals surface area (Å²) in [6.45, 7) is 0.878. The highest BCUT2D eigenvalue weighted by Gasteiger charge is 2.51. The Morgan fingerprint density at radius 2 is 1.50 bits per heavy atom. The van der Waals surface area contributed by atoms with Crippen molar-refractivity contribution in [3.05, 3.63) is 0 Å². The molecule has 4 bridgehead atoms. The van der Waals surface area contributed by atoms with Gasteiger partial charge in [-0.05, 0) is 69.1 Å². The molecule has 0 saturated heterocycles. The monoisotopic (exact) mass is 362 g/mol. The molecule has 146 valence electrons. The van der Waals surface area contributed by atoms with Crippen molar-refractivity contribution in [3.8, 4) is 0 Å². The van der Waals surface area contributed by atoms with E-state index in [9.17, 15) is 9.59 Å². The maximum Gasteiger partial charge on any atom is 0.315 e. The van der Waals surface area contributed by atoms with Gasteiger partial charge in [0, 0.05) is 25.0 Å². The Labute approximate surface area is 156 Å². The molecule has 5 N–H and O–H groups in total. The first-order valence-corrected chi connectivity index (χ1v) is 10.6. The Morgan fingerprint density at radius 1 is 0.923 bits per heavy atom. The van der Waals surface area contributed by atoms with Crippen LogP contribution in [0, 0.1) is 17.8 Å². The van der Waals surface area contributed by atoms with Gasteiger partial charge in [0.05, 0.1) is 5.54 Å². The zero-order valence-corrected chi connectivity index (χ0v) is 15.8. The summed E-state index contributed by atoms with van der Waals surface area (Å²) in [4.78, 5) is 24.6. The number of hydrogen-bond donors (Lipinski definition) is 4. The number of amides is 3. The Morgan fingerprint density at radius 3 is 2.04 bits per heavy atom. The van der Waals surface area contributed by atoms with E-state index in [2.05, 4.69) is 16.0 Å². The zero-order valence-electron chi connectivity index (χ0n) is 15.8. The number of hydrogen-bond acceptors (Lipinski definition) is 3. The third kappa shape index (κ3) is 3.71. The van der Waals surface area contributed by atoms with Gasteiger partial charge in [0.25, 0.3) is 0 Å². The molecule has 5 aliphatic rings. The molecule has 0 aromatic rings. The van der Waals surface area contributed by atoms with E-state index in [-0.39, 0.29) is 23.0 Å². The van der Waals surface area contributed by atoms with E-state index in [4.69, 9.17) is 5.73 Å². The molecule has 0 aromatic carbocycles. The maximum atomic E-state index is 12.4. The Kier molecular flexibility index (Phi) is 4.88. The summed E-state index contributed by atoms with van der Waals surface area (Å²) in [6, 6.07) is -0.103. The molecule has 0 unspecified atom stereocenters. The second-order valence-corrected chi connectivity index (χ2v) is 9.57. The summed E-state index contributed by atoms with van der Waals surface area (Å²) in [5, 5.41) is 9.30. The molecule has 0 heterocycles. The Hall–Kier alpha value is -1.30. The molecule has 0 aliphatic heterocycles. The van der Waals surface area contributed by atoms with Crippen LogP contribution in [0.5, 0.6) is 0 Å². The lowest BCUT2D eigenvalue weighted by atomic mass is 9.53. The molecule has 5 fully saturated rings. The van der Waals surface area contributed by atoms with Gasteiger partial charge in [-0.1, -0.05) is 12.8 Å². The van der Waals surface area contributed by atoms with Crippen LogP contribution in [0.25, 0.3) is 0 Å². The van der Waals surface area contributed by atoms with E-state index in [1.807, 2.05) is 0 Å². The minimum Gasteiger partial charge on any atom is -0.349 e. The van der Waals surface area contributed by atoms with Crippen molar-refractivity contribution >= 4 is 11.9 Å². The summed E-state index contributed by atoms with van der Waals surface area (Å²) in [5.74, 6) is 2.43. The summed E-state index contributed by atoms with van der Waals surface area (Å²) >= 11 is 0. The lowest BCUT2D eigenvalue weighted by Gasteiger charge is -2.56. The van der Waals surface area contributed by atoms with Gasteiger partial charge in [0.2, 0.25) is 5.91 Å². The fourth-order valence-electron chi connectivity index (χ4n) is 6.63. The molecule has 6 nitrogen and oxygen atoms in total. The molecule has 5 saturated carbocycles. The molecular weight excluding hydrogens is 328 g/mol. The van der Waals surface area contributed by atoms with Crippen molar-refractivity contribution in [3.63, 3.8) is 0 Å². The van der Waals surface area contributed by atoms with Crippen LogP contribution in [0.1, 0.15) is 70.6 Å². The Balaban J connectivity index is 1.20. The van der Waals surface area contributed by atoms with Crippen LogP contribution in [-0.2, 0) is 4.79 Å². The fraction of sp³-hybridized carbons (Fsp3) is 0.900. The van der Waals surface area contributed by atoms with E-state index in [1.54, 1.807) is 0 Å². The predicted octanol–water partition coefficient (Wildman–Crippen LogP) is 2.03. The largest absolute Gasteiger partial charge is 0.349 e. The van der Waals surface area contributed by atoms with Crippen molar-refractivity contribution in [2.75, 3.05) is 13.1 Å². The van der Waals surface area contributed by atoms with E-state index in [0.29, 0.717) is 19.5 Å². The molecule has 0 spiro atoms. The molecule has 6 heteroatoms. The number of nitrogens with one attached hydrogen (secondary N) is 3. The fourth-order valence-corrected chi connectivity index (χ4v) is 6.63. The second kappa shape index (κ2) is 7.02. The average Bonchev–Trinajstić information content (AvgIpc) is 3.02. The highest BCUT2D eigenvalue weighted by atomic mass is 16.2.